The van der Waals surface area contributed by atoms with Crippen molar-refractivity contribution in [3.05, 3.63) is 30.1 Å². The molecule has 138 valence electrons. The molecule has 3 heterocycles. The summed E-state index contributed by atoms with van der Waals surface area (Å²) in [4.78, 5) is 31.9. The third-order valence-corrected chi connectivity index (χ3v) is 5.82. The van der Waals surface area contributed by atoms with Gasteiger partial charge in [-0.05, 0) is 49.3 Å². The first-order valence-corrected chi connectivity index (χ1v) is 9.42. The van der Waals surface area contributed by atoms with Crippen LogP contribution in [0.2, 0.25) is 0 Å². The zero-order valence-electron chi connectivity index (χ0n) is 15.1. The number of hydrogen-bond acceptors (Lipinski definition) is 5. The topological polar surface area (TPSA) is 77.3 Å². The van der Waals surface area contributed by atoms with E-state index >= 15 is 0 Å². The van der Waals surface area contributed by atoms with E-state index in [1.807, 2.05) is 17.0 Å². The molecule has 0 spiro atoms. The van der Waals surface area contributed by atoms with E-state index < -0.39 is 5.41 Å². The summed E-state index contributed by atoms with van der Waals surface area (Å²) in [5, 5.41) is 9.78. The molecule has 2 fully saturated rings. The lowest BCUT2D eigenvalue weighted by Gasteiger charge is -2.41. The average Bonchev–Trinajstić information content (AvgIpc) is 2.70. The van der Waals surface area contributed by atoms with Crippen LogP contribution < -0.4 is 0 Å². The fourth-order valence-corrected chi connectivity index (χ4v) is 4.02. The maximum absolute atomic E-state index is 13.0. The number of aldehydes is 1. The van der Waals surface area contributed by atoms with E-state index in [2.05, 4.69) is 16.0 Å². The molecule has 0 saturated carbocycles. The number of nitriles is 1. The first-order valence-electron chi connectivity index (χ1n) is 9.42. The van der Waals surface area contributed by atoms with Crippen molar-refractivity contribution in [2.45, 2.75) is 38.6 Å². The van der Waals surface area contributed by atoms with Gasteiger partial charge in [-0.2, -0.15) is 5.26 Å². The molecule has 2 aliphatic rings. The number of pyridine rings is 1. The lowest BCUT2D eigenvalue weighted by Crippen LogP contribution is -2.51. The molecule has 0 aromatic carbocycles. The SMILES string of the molecule is N#CC1(C(=O)N2CCC(CC=O)CC2)CCN(Cc2ccncc2)CC1. The molecule has 0 N–H and O–H groups in total. The highest BCUT2D eigenvalue weighted by molar-refractivity contribution is 5.85. The molecule has 26 heavy (non-hydrogen) atoms. The molecule has 0 bridgehead atoms. The van der Waals surface area contributed by atoms with E-state index in [1.54, 1.807) is 12.4 Å². The number of nitrogens with zero attached hydrogens (tertiary/aromatic N) is 4. The second-order valence-electron chi connectivity index (χ2n) is 7.46. The Labute approximate surface area is 154 Å². The van der Waals surface area contributed by atoms with Crippen LogP contribution in [-0.2, 0) is 16.1 Å². The second-order valence-corrected chi connectivity index (χ2v) is 7.46. The van der Waals surface area contributed by atoms with E-state index in [9.17, 15) is 14.9 Å². The number of aromatic nitrogens is 1. The van der Waals surface area contributed by atoms with E-state index in [-0.39, 0.29) is 5.91 Å². The third-order valence-electron chi connectivity index (χ3n) is 5.82. The van der Waals surface area contributed by atoms with Gasteiger partial charge < -0.3 is 9.69 Å². The summed E-state index contributed by atoms with van der Waals surface area (Å²) in [6.45, 7) is 3.67. The molecule has 2 saturated heterocycles. The van der Waals surface area contributed by atoms with E-state index in [0.717, 1.165) is 38.8 Å². The smallest absolute Gasteiger partial charge is 0.243 e. The largest absolute Gasteiger partial charge is 0.341 e. The molecular weight excluding hydrogens is 328 g/mol. The Kier molecular flexibility index (Phi) is 6.00. The molecule has 1 amide bonds. The van der Waals surface area contributed by atoms with Gasteiger partial charge in [0.05, 0.1) is 6.07 Å². The maximum atomic E-state index is 13.0. The maximum Gasteiger partial charge on any atom is 0.243 e. The van der Waals surface area contributed by atoms with Crippen LogP contribution in [0, 0.1) is 22.7 Å². The van der Waals surface area contributed by atoms with Crippen LogP contribution in [0.3, 0.4) is 0 Å². The normalized spacial score (nSPS) is 21.1. The number of rotatable bonds is 5. The molecule has 0 unspecified atom stereocenters. The van der Waals surface area contributed by atoms with E-state index in [0.29, 0.717) is 38.3 Å². The van der Waals surface area contributed by atoms with Gasteiger partial charge in [0, 0.05) is 51.5 Å². The Morgan fingerprint density at radius 1 is 1.23 bits per heavy atom. The Morgan fingerprint density at radius 2 is 1.88 bits per heavy atom. The van der Waals surface area contributed by atoms with Crippen LogP contribution in [-0.4, -0.2) is 53.2 Å². The zero-order chi connectivity index (χ0) is 18.4. The van der Waals surface area contributed by atoms with Crippen molar-refractivity contribution in [1.82, 2.24) is 14.8 Å². The van der Waals surface area contributed by atoms with Crippen molar-refractivity contribution in [2.24, 2.45) is 11.3 Å². The highest BCUT2D eigenvalue weighted by Gasteiger charge is 2.44. The van der Waals surface area contributed by atoms with Crippen LogP contribution in [0.4, 0.5) is 0 Å². The van der Waals surface area contributed by atoms with Gasteiger partial charge in [-0.3, -0.25) is 14.7 Å². The molecule has 0 radical (unpaired) electrons. The van der Waals surface area contributed by atoms with Gasteiger partial charge in [-0.15, -0.1) is 0 Å². The summed E-state index contributed by atoms with van der Waals surface area (Å²) in [7, 11) is 0. The number of amides is 1. The molecule has 2 aliphatic heterocycles. The Morgan fingerprint density at radius 3 is 2.46 bits per heavy atom. The monoisotopic (exact) mass is 354 g/mol. The Hall–Kier alpha value is -2.26. The minimum absolute atomic E-state index is 0.00638. The minimum Gasteiger partial charge on any atom is -0.341 e. The number of carbonyl (C=O) groups is 2. The van der Waals surface area contributed by atoms with Crippen molar-refractivity contribution in [3.63, 3.8) is 0 Å². The van der Waals surface area contributed by atoms with Gasteiger partial charge in [0.15, 0.2) is 0 Å². The highest BCUT2D eigenvalue weighted by Crippen LogP contribution is 2.35. The van der Waals surface area contributed by atoms with Crippen LogP contribution in [0.5, 0.6) is 0 Å². The van der Waals surface area contributed by atoms with Crippen LogP contribution >= 0.6 is 0 Å². The quantitative estimate of drug-likeness (QED) is 0.756. The molecule has 1 aromatic heterocycles. The van der Waals surface area contributed by atoms with Gasteiger partial charge in [0.2, 0.25) is 5.91 Å². The van der Waals surface area contributed by atoms with Crippen molar-refractivity contribution in [1.29, 1.82) is 5.26 Å². The fraction of sp³-hybridized carbons (Fsp3) is 0.600. The molecule has 0 aliphatic carbocycles. The molecule has 6 heteroatoms. The van der Waals surface area contributed by atoms with Crippen LogP contribution in [0.15, 0.2) is 24.5 Å². The molecule has 1 aromatic rings. The van der Waals surface area contributed by atoms with Gasteiger partial charge in [0.1, 0.15) is 11.7 Å². The summed E-state index contributed by atoms with van der Waals surface area (Å²) in [5.74, 6) is 0.380. The summed E-state index contributed by atoms with van der Waals surface area (Å²) < 4.78 is 0. The first-order chi connectivity index (χ1) is 12.7. The van der Waals surface area contributed by atoms with Crippen LogP contribution in [0.1, 0.15) is 37.7 Å². The van der Waals surface area contributed by atoms with Crippen molar-refractivity contribution >= 4 is 12.2 Å². The number of hydrogen-bond donors (Lipinski definition) is 0. The van der Waals surface area contributed by atoms with Crippen LogP contribution in [0.25, 0.3) is 0 Å². The lowest BCUT2D eigenvalue weighted by atomic mass is 9.77. The predicted octanol–water partition coefficient (Wildman–Crippen LogP) is 2.01. The zero-order valence-corrected chi connectivity index (χ0v) is 15.1. The number of piperidine rings is 2. The highest BCUT2D eigenvalue weighted by atomic mass is 16.2. The summed E-state index contributed by atoms with van der Waals surface area (Å²) in [6.07, 6.45) is 8.02. The Balaban J connectivity index is 1.56. The van der Waals surface area contributed by atoms with Gasteiger partial charge >= 0.3 is 0 Å². The second kappa shape index (κ2) is 8.41. The van der Waals surface area contributed by atoms with Crippen molar-refractivity contribution < 1.29 is 9.59 Å². The summed E-state index contributed by atoms with van der Waals surface area (Å²) >= 11 is 0. The minimum atomic E-state index is -0.883. The van der Waals surface area contributed by atoms with E-state index in [4.69, 9.17) is 0 Å². The van der Waals surface area contributed by atoms with Crippen molar-refractivity contribution in [2.75, 3.05) is 26.2 Å². The summed E-state index contributed by atoms with van der Waals surface area (Å²) in [5.41, 5.74) is 0.319. The fourth-order valence-electron chi connectivity index (χ4n) is 4.02. The van der Waals surface area contributed by atoms with Crippen molar-refractivity contribution in [3.8, 4) is 6.07 Å². The molecule has 3 rings (SSSR count). The van der Waals surface area contributed by atoms with Gasteiger partial charge in [-0.1, -0.05) is 0 Å². The molecule has 0 atom stereocenters. The van der Waals surface area contributed by atoms with Gasteiger partial charge in [0.25, 0.3) is 0 Å². The number of carbonyl (C=O) groups excluding carboxylic acids is 2. The standard InChI is InChI=1S/C20H26N4O2/c21-16-20(19(26)24-10-3-17(4-11-24)5-14-25)6-12-23(13-7-20)15-18-1-8-22-9-2-18/h1-2,8-9,14,17H,3-7,10-13,15H2. The van der Waals surface area contributed by atoms with Gasteiger partial charge in [-0.25, -0.2) is 0 Å². The predicted molar refractivity (Wildman–Crippen MR) is 96.8 cm³/mol. The first kappa shape index (κ1) is 18.5. The summed E-state index contributed by atoms with van der Waals surface area (Å²) in [6, 6.07) is 6.35. The molecule has 6 nitrogen and oxygen atoms in total. The Bertz CT molecular complexity index is 654. The molecular formula is C20H26N4O2. The third kappa shape index (κ3) is 4.10. The van der Waals surface area contributed by atoms with E-state index in [1.165, 1.54) is 5.56 Å². The lowest BCUT2D eigenvalue weighted by molar-refractivity contribution is -0.142. The average molecular weight is 354 g/mol. The number of likely N-dealkylation sites (tertiary alicyclic amines) is 2.